The van der Waals surface area contributed by atoms with E-state index in [1.54, 1.807) is 12.3 Å². The molecule has 104 valence electrons. The number of aryl methyl sites for hydroxylation is 1. The molecule has 3 N–H and O–H groups in total. The molecule has 20 heavy (non-hydrogen) atoms. The molecule has 5 nitrogen and oxygen atoms in total. The first-order valence-electron chi connectivity index (χ1n) is 6.51. The summed E-state index contributed by atoms with van der Waals surface area (Å²) in [6.45, 7) is 2.67. The summed E-state index contributed by atoms with van der Waals surface area (Å²) < 4.78 is 0. The lowest BCUT2D eigenvalue weighted by Crippen LogP contribution is -2.25. The van der Waals surface area contributed by atoms with Crippen LogP contribution in [0.1, 0.15) is 22.6 Å². The van der Waals surface area contributed by atoms with Gasteiger partial charge in [-0.15, -0.1) is 0 Å². The Kier molecular flexibility index (Phi) is 4.79. The first kappa shape index (κ1) is 14.1. The minimum absolute atomic E-state index is 0.0397. The van der Waals surface area contributed by atoms with Crippen molar-refractivity contribution in [3.8, 4) is 0 Å². The average Bonchev–Trinajstić information content (AvgIpc) is 2.46. The molecular weight excluding hydrogens is 252 g/mol. The number of rotatable bonds is 5. The maximum Gasteiger partial charge on any atom is 0.224 e. The number of nitrogens with two attached hydrogens (primary N) is 1. The minimum Gasteiger partial charge on any atom is -0.350 e. The van der Waals surface area contributed by atoms with Crippen LogP contribution in [0.5, 0.6) is 0 Å². The quantitative estimate of drug-likeness (QED) is 0.852. The Bertz CT molecular complexity index is 598. The summed E-state index contributed by atoms with van der Waals surface area (Å²) in [5.41, 5.74) is 8.43. The van der Waals surface area contributed by atoms with E-state index < -0.39 is 0 Å². The third-order valence-corrected chi connectivity index (χ3v) is 2.99. The maximum absolute atomic E-state index is 11.9. The van der Waals surface area contributed by atoms with Crippen LogP contribution in [0.3, 0.4) is 0 Å². The first-order chi connectivity index (χ1) is 9.69. The largest absolute Gasteiger partial charge is 0.350 e. The molecule has 1 aromatic heterocycles. The van der Waals surface area contributed by atoms with Crippen LogP contribution in [-0.4, -0.2) is 15.9 Å². The molecule has 0 aliphatic rings. The molecule has 2 aromatic rings. The molecule has 0 saturated heterocycles. The summed E-state index contributed by atoms with van der Waals surface area (Å²) in [6, 6.07) is 9.50. The fourth-order valence-electron chi connectivity index (χ4n) is 1.96. The number of carbonyl (C=O) groups excluding carboxylic acids is 1. The van der Waals surface area contributed by atoms with E-state index in [9.17, 15) is 4.79 Å². The number of aromatic nitrogens is 2. The number of nitrogens with one attached hydrogen (secondary N) is 1. The minimum atomic E-state index is -0.0397. The van der Waals surface area contributed by atoms with Crippen LogP contribution in [0.25, 0.3) is 0 Å². The predicted molar refractivity (Wildman–Crippen MR) is 76.7 cm³/mol. The van der Waals surface area contributed by atoms with Gasteiger partial charge in [0.1, 0.15) is 5.82 Å². The Morgan fingerprint density at radius 1 is 1.25 bits per heavy atom. The van der Waals surface area contributed by atoms with Crippen molar-refractivity contribution >= 4 is 5.91 Å². The molecule has 0 fully saturated rings. The Morgan fingerprint density at radius 2 is 2.00 bits per heavy atom. The summed E-state index contributed by atoms with van der Waals surface area (Å²) in [5.74, 6) is 0.660. The van der Waals surface area contributed by atoms with E-state index in [2.05, 4.69) is 15.3 Å². The van der Waals surface area contributed by atoms with E-state index >= 15 is 0 Å². The lowest BCUT2D eigenvalue weighted by Gasteiger charge is -2.08. The van der Waals surface area contributed by atoms with E-state index in [0.717, 1.165) is 16.8 Å². The summed E-state index contributed by atoms with van der Waals surface area (Å²) in [7, 11) is 0. The number of benzene rings is 1. The molecule has 5 heteroatoms. The van der Waals surface area contributed by atoms with E-state index in [1.165, 1.54) is 0 Å². The lowest BCUT2D eigenvalue weighted by molar-refractivity contribution is -0.120. The first-order valence-corrected chi connectivity index (χ1v) is 6.51. The van der Waals surface area contributed by atoms with Crippen molar-refractivity contribution in [2.75, 3.05) is 0 Å². The SMILES string of the molecule is Cc1nccc(CNC(=O)Cc2ccccc2CN)n1. The summed E-state index contributed by atoms with van der Waals surface area (Å²) in [4.78, 5) is 20.2. The molecule has 1 heterocycles. The molecule has 0 aliphatic carbocycles. The topological polar surface area (TPSA) is 80.9 Å². The van der Waals surface area contributed by atoms with Crippen molar-refractivity contribution in [1.82, 2.24) is 15.3 Å². The lowest BCUT2D eigenvalue weighted by atomic mass is 10.0. The zero-order valence-corrected chi connectivity index (χ0v) is 11.5. The third kappa shape index (κ3) is 3.86. The van der Waals surface area contributed by atoms with Crippen LogP contribution in [0, 0.1) is 6.92 Å². The fraction of sp³-hybridized carbons (Fsp3) is 0.267. The molecule has 2 rings (SSSR count). The van der Waals surface area contributed by atoms with Crippen molar-refractivity contribution in [2.45, 2.75) is 26.4 Å². The van der Waals surface area contributed by atoms with E-state index in [0.29, 0.717) is 25.3 Å². The standard InChI is InChI=1S/C15H18N4O/c1-11-17-7-6-14(19-11)10-18-15(20)8-12-4-2-3-5-13(12)9-16/h2-7H,8-10,16H2,1H3,(H,18,20). The summed E-state index contributed by atoms with van der Waals surface area (Å²) in [6.07, 6.45) is 2.02. The fourth-order valence-corrected chi connectivity index (χ4v) is 1.96. The third-order valence-electron chi connectivity index (χ3n) is 2.99. The normalized spacial score (nSPS) is 10.3. The van der Waals surface area contributed by atoms with Crippen LogP contribution in [-0.2, 0) is 24.3 Å². The number of hydrogen-bond acceptors (Lipinski definition) is 4. The van der Waals surface area contributed by atoms with Crippen LogP contribution >= 0.6 is 0 Å². The second-order valence-corrected chi connectivity index (χ2v) is 4.52. The van der Waals surface area contributed by atoms with Gasteiger partial charge < -0.3 is 11.1 Å². The highest BCUT2D eigenvalue weighted by Crippen LogP contribution is 2.08. The molecule has 0 bridgehead atoms. The van der Waals surface area contributed by atoms with Crippen molar-refractivity contribution in [3.05, 3.63) is 59.2 Å². The molecule has 0 radical (unpaired) electrons. The number of hydrogen-bond donors (Lipinski definition) is 2. The van der Waals surface area contributed by atoms with Gasteiger partial charge in [0.05, 0.1) is 18.7 Å². The van der Waals surface area contributed by atoms with Gasteiger partial charge in [0, 0.05) is 12.7 Å². The van der Waals surface area contributed by atoms with Gasteiger partial charge in [-0.3, -0.25) is 4.79 Å². The van der Waals surface area contributed by atoms with Gasteiger partial charge in [-0.25, -0.2) is 9.97 Å². The highest BCUT2D eigenvalue weighted by atomic mass is 16.1. The monoisotopic (exact) mass is 270 g/mol. The van der Waals surface area contributed by atoms with Gasteiger partial charge in [0.15, 0.2) is 0 Å². The molecule has 0 aliphatic heterocycles. The van der Waals surface area contributed by atoms with E-state index in [1.807, 2.05) is 31.2 Å². The predicted octanol–water partition coefficient (Wildman–Crippen LogP) is 1.10. The van der Waals surface area contributed by atoms with E-state index in [4.69, 9.17) is 5.73 Å². The smallest absolute Gasteiger partial charge is 0.224 e. The van der Waals surface area contributed by atoms with Crippen molar-refractivity contribution in [2.24, 2.45) is 5.73 Å². The van der Waals surface area contributed by atoms with Crippen molar-refractivity contribution in [3.63, 3.8) is 0 Å². The summed E-state index contributed by atoms with van der Waals surface area (Å²) >= 11 is 0. The molecule has 1 amide bonds. The van der Waals surface area contributed by atoms with Gasteiger partial charge >= 0.3 is 0 Å². The Hall–Kier alpha value is -2.27. The Morgan fingerprint density at radius 3 is 2.70 bits per heavy atom. The van der Waals surface area contributed by atoms with Crippen LogP contribution in [0.4, 0.5) is 0 Å². The van der Waals surface area contributed by atoms with Gasteiger partial charge in [-0.1, -0.05) is 24.3 Å². The summed E-state index contributed by atoms with van der Waals surface area (Å²) in [5, 5.41) is 2.86. The average molecular weight is 270 g/mol. The Labute approximate surface area is 118 Å². The molecule has 1 aromatic carbocycles. The highest BCUT2D eigenvalue weighted by Gasteiger charge is 2.07. The van der Waals surface area contributed by atoms with Crippen molar-refractivity contribution < 1.29 is 4.79 Å². The molecule has 0 unspecified atom stereocenters. The number of amides is 1. The van der Waals surface area contributed by atoms with Gasteiger partial charge in [-0.2, -0.15) is 0 Å². The van der Waals surface area contributed by atoms with E-state index in [-0.39, 0.29) is 5.91 Å². The van der Waals surface area contributed by atoms with Crippen LogP contribution in [0.2, 0.25) is 0 Å². The second-order valence-electron chi connectivity index (χ2n) is 4.52. The molecule has 0 spiro atoms. The second kappa shape index (κ2) is 6.77. The zero-order chi connectivity index (χ0) is 14.4. The molecular formula is C15H18N4O. The van der Waals surface area contributed by atoms with Gasteiger partial charge in [-0.05, 0) is 24.1 Å². The zero-order valence-electron chi connectivity index (χ0n) is 11.5. The van der Waals surface area contributed by atoms with Crippen LogP contribution in [0.15, 0.2) is 36.5 Å². The number of carbonyl (C=O) groups is 1. The molecule has 0 saturated carbocycles. The van der Waals surface area contributed by atoms with Gasteiger partial charge in [0.2, 0.25) is 5.91 Å². The maximum atomic E-state index is 11.9. The van der Waals surface area contributed by atoms with Crippen molar-refractivity contribution in [1.29, 1.82) is 0 Å². The highest BCUT2D eigenvalue weighted by molar-refractivity contribution is 5.78. The van der Waals surface area contributed by atoms with Gasteiger partial charge in [0.25, 0.3) is 0 Å². The Balaban J connectivity index is 1.93. The molecule has 0 atom stereocenters. The van der Waals surface area contributed by atoms with Crippen LogP contribution < -0.4 is 11.1 Å². The number of nitrogens with zero attached hydrogens (tertiary/aromatic N) is 2.